The van der Waals surface area contributed by atoms with Crippen molar-refractivity contribution >= 4 is 29.2 Å². The van der Waals surface area contributed by atoms with E-state index in [1.165, 1.54) is 0 Å². The number of ether oxygens (including phenoxy) is 2. The Balaban J connectivity index is 1.32. The molecule has 5 atom stereocenters. The van der Waals surface area contributed by atoms with Gasteiger partial charge < -0.3 is 25.0 Å². The first-order valence-corrected chi connectivity index (χ1v) is 12.3. The van der Waals surface area contributed by atoms with Gasteiger partial charge in [-0.2, -0.15) is 0 Å². The number of fused-ring (bicyclic) bond motifs is 3. The molecule has 0 aromatic heterocycles. The first-order valence-electron chi connectivity index (χ1n) is 11.5. The van der Waals surface area contributed by atoms with E-state index < -0.39 is 18.0 Å². The molecule has 0 saturated heterocycles. The van der Waals surface area contributed by atoms with E-state index in [1.54, 1.807) is 6.07 Å². The first kappa shape index (κ1) is 25.3. The van der Waals surface area contributed by atoms with Gasteiger partial charge in [-0.1, -0.05) is 41.4 Å². The van der Waals surface area contributed by atoms with Crippen molar-refractivity contribution in [3.63, 3.8) is 0 Å². The van der Waals surface area contributed by atoms with Crippen LogP contribution in [0.25, 0.3) is 0 Å². The summed E-state index contributed by atoms with van der Waals surface area (Å²) < 4.78 is 11.9. The summed E-state index contributed by atoms with van der Waals surface area (Å²) >= 11 is 12.3. The Kier molecular flexibility index (Phi) is 7.19. The third-order valence-corrected chi connectivity index (χ3v) is 7.28. The normalized spacial score (nSPS) is 22.5. The number of aryl methyl sites for hydroxylation is 1. The highest BCUT2D eigenvalue weighted by Gasteiger charge is 2.64. The van der Waals surface area contributed by atoms with Crippen molar-refractivity contribution in [3.8, 4) is 5.75 Å². The van der Waals surface area contributed by atoms with Crippen molar-refractivity contribution in [1.29, 1.82) is 0 Å². The number of carboxylic acids is 1. The number of carbonyl (C=O) groups is 1. The lowest BCUT2D eigenvalue weighted by atomic mass is 9.94. The second-order valence-electron chi connectivity index (χ2n) is 9.99. The molecular weight excluding hydrogens is 477 g/mol. The van der Waals surface area contributed by atoms with E-state index in [-0.39, 0.29) is 30.3 Å². The van der Waals surface area contributed by atoms with Crippen molar-refractivity contribution in [2.24, 2.45) is 5.92 Å². The van der Waals surface area contributed by atoms with Gasteiger partial charge in [-0.25, -0.2) is 0 Å². The molecule has 0 radical (unpaired) electrons. The number of β-amino-alcohol motifs (C(OH)–C–C–N with tert-alkyl or cyclic N) is 1. The first-order chi connectivity index (χ1) is 16.0. The summed E-state index contributed by atoms with van der Waals surface area (Å²) in [4.78, 5) is 11.5. The average Bonchev–Trinajstić information content (AvgIpc) is 3.35. The van der Waals surface area contributed by atoms with Crippen LogP contribution >= 0.6 is 23.2 Å². The van der Waals surface area contributed by atoms with Crippen LogP contribution in [0.3, 0.4) is 0 Å². The summed E-state index contributed by atoms with van der Waals surface area (Å²) in [5.74, 6) is -0.664. The summed E-state index contributed by atoms with van der Waals surface area (Å²) in [5.41, 5.74) is 3.55. The minimum Gasteiger partial charge on any atom is -0.488 e. The van der Waals surface area contributed by atoms with Crippen molar-refractivity contribution in [3.05, 3.63) is 62.6 Å². The number of rotatable bonds is 10. The Hall–Kier alpha value is -1.83. The van der Waals surface area contributed by atoms with Gasteiger partial charge in [-0.05, 0) is 62.9 Å². The number of benzene rings is 2. The molecule has 1 heterocycles. The number of nitrogens with one attached hydrogen (secondary N) is 1. The van der Waals surface area contributed by atoms with Crippen LogP contribution in [0.4, 0.5) is 0 Å². The number of carboxylic acid groups (broad SMARTS) is 1. The molecule has 2 aromatic carbocycles. The van der Waals surface area contributed by atoms with Gasteiger partial charge in [0.25, 0.3) is 0 Å². The molecule has 8 heteroatoms. The minimum absolute atomic E-state index is 0.125. The Morgan fingerprint density at radius 2 is 2.00 bits per heavy atom. The maximum Gasteiger partial charge on any atom is 0.311 e. The third-order valence-electron chi connectivity index (χ3n) is 6.69. The van der Waals surface area contributed by atoms with Gasteiger partial charge in [0.15, 0.2) is 0 Å². The van der Waals surface area contributed by atoms with E-state index in [0.29, 0.717) is 23.0 Å². The van der Waals surface area contributed by atoms with Crippen LogP contribution in [0.2, 0.25) is 10.0 Å². The predicted molar refractivity (Wildman–Crippen MR) is 132 cm³/mol. The molecule has 2 aromatic rings. The molecule has 3 N–H and O–H groups in total. The third kappa shape index (κ3) is 5.21. The summed E-state index contributed by atoms with van der Waals surface area (Å²) in [5, 5.41) is 24.6. The monoisotopic (exact) mass is 507 g/mol. The molecule has 34 heavy (non-hydrogen) atoms. The fourth-order valence-corrected chi connectivity index (χ4v) is 5.26. The van der Waals surface area contributed by atoms with Gasteiger partial charge in [-0.15, -0.1) is 0 Å². The lowest BCUT2D eigenvalue weighted by Gasteiger charge is -2.29. The van der Waals surface area contributed by atoms with Crippen LogP contribution in [0.5, 0.6) is 5.75 Å². The molecule has 0 amide bonds. The van der Waals surface area contributed by atoms with Gasteiger partial charge in [0.1, 0.15) is 17.8 Å². The number of hydrogen-bond donors (Lipinski definition) is 3. The standard InChI is InChI=1S/C26H31Cl2NO5/c1-13-5-8-18(20-21-22(25(31)32)24(21)34-23(13)20)14(2)33-12-17(30)11-29-26(3,4)10-15-6-7-16(27)9-19(15)28/h5-9,14,17,21-22,24,29-30H,10-12H2,1-4H3,(H,31,32)/t14-,17-,21-,22-,24-/m1/s1. The molecular formula is C26H31Cl2NO5. The molecule has 184 valence electrons. The van der Waals surface area contributed by atoms with Crippen LogP contribution in [0.15, 0.2) is 30.3 Å². The van der Waals surface area contributed by atoms with Gasteiger partial charge in [-0.3, -0.25) is 4.79 Å². The van der Waals surface area contributed by atoms with Crippen molar-refractivity contribution in [1.82, 2.24) is 5.32 Å². The molecule has 1 fully saturated rings. The summed E-state index contributed by atoms with van der Waals surface area (Å²) in [6, 6.07) is 9.41. The molecule has 0 spiro atoms. The fourth-order valence-electron chi connectivity index (χ4n) is 4.78. The quantitative estimate of drug-likeness (QED) is 0.423. The average molecular weight is 508 g/mol. The Morgan fingerprint density at radius 1 is 1.26 bits per heavy atom. The SMILES string of the molecule is Cc1ccc([C@@H](C)OC[C@H](O)CNC(C)(C)Cc2ccc(Cl)cc2Cl)c2c1O[C@H]1[C@H](C(=O)O)[C@@H]21. The number of aliphatic hydroxyl groups is 1. The van der Waals surface area contributed by atoms with Crippen LogP contribution in [0.1, 0.15) is 55.0 Å². The number of aliphatic hydroxyl groups excluding tert-OH is 1. The lowest BCUT2D eigenvalue weighted by Crippen LogP contribution is -2.46. The van der Waals surface area contributed by atoms with Gasteiger partial charge in [0, 0.05) is 33.6 Å². The van der Waals surface area contributed by atoms with E-state index in [4.69, 9.17) is 32.7 Å². The topological polar surface area (TPSA) is 88.0 Å². The Bertz CT molecular complexity index is 1090. The van der Waals surface area contributed by atoms with Gasteiger partial charge in [0.2, 0.25) is 0 Å². The van der Waals surface area contributed by atoms with Gasteiger partial charge in [0.05, 0.1) is 18.8 Å². The summed E-state index contributed by atoms with van der Waals surface area (Å²) in [6.45, 7) is 8.48. The second-order valence-corrected chi connectivity index (χ2v) is 10.8. The summed E-state index contributed by atoms with van der Waals surface area (Å²) in [6.07, 6.45) is -0.624. The molecule has 4 rings (SSSR count). The van der Waals surface area contributed by atoms with Crippen LogP contribution < -0.4 is 10.1 Å². The molecule has 2 aliphatic rings. The Labute approximate surface area is 210 Å². The van der Waals surface area contributed by atoms with Gasteiger partial charge >= 0.3 is 5.97 Å². The van der Waals surface area contributed by atoms with E-state index in [0.717, 1.165) is 28.0 Å². The van der Waals surface area contributed by atoms with Crippen molar-refractivity contribution in [2.45, 2.75) is 63.9 Å². The van der Waals surface area contributed by atoms with E-state index in [9.17, 15) is 15.0 Å². The largest absolute Gasteiger partial charge is 0.488 e. The molecule has 1 aliphatic heterocycles. The molecule has 0 bridgehead atoms. The smallest absolute Gasteiger partial charge is 0.311 e. The van der Waals surface area contributed by atoms with E-state index in [2.05, 4.69) is 19.2 Å². The molecule has 6 nitrogen and oxygen atoms in total. The highest BCUT2D eigenvalue weighted by Crippen LogP contribution is 2.61. The second kappa shape index (κ2) is 9.67. The van der Waals surface area contributed by atoms with E-state index >= 15 is 0 Å². The van der Waals surface area contributed by atoms with Crippen LogP contribution in [-0.4, -0.2) is 47.1 Å². The molecule has 0 unspecified atom stereocenters. The highest BCUT2D eigenvalue weighted by molar-refractivity contribution is 6.35. The number of aliphatic carboxylic acids is 1. The number of halogens is 2. The maximum atomic E-state index is 11.5. The predicted octanol–water partition coefficient (Wildman–Crippen LogP) is 4.91. The molecule has 1 saturated carbocycles. The zero-order valence-corrected chi connectivity index (χ0v) is 21.3. The zero-order valence-electron chi connectivity index (χ0n) is 19.8. The zero-order chi connectivity index (χ0) is 24.8. The van der Waals surface area contributed by atoms with Crippen molar-refractivity contribution in [2.75, 3.05) is 13.2 Å². The Morgan fingerprint density at radius 3 is 2.68 bits per heavy atom. The van der Waals surface area contributed by atoms with Crippen LogP contribution in [-0.2, 0) is 16.0 Å². The fraction of sp³-hybridized carbons (Fsp3) is 0.500. The minimum atomic E-state index is -0.828. The number of hydrogen-bond acceptors (Lipinski definition) is 5. The highest BCUT2D eigenvalue weighted by atomic mass is 35.5. The van der Waals surface area contributed by atoms with E-state index in [1.807, 2.05) is 38.1 Å². The lowest BCUT2D eigenvalue weighted by molar-refractivity contribution is -0.139. The van der Waals surface area contributed by atoms with Crippen LogP contribution in [0, 0.1) is 12.8 Å². The van der Waals surface area contributed by atoms with Crippen molar-refractivity contribution < 1.29 is 24.5 Å². The molecule has 1 aliphatic carbocycles. The maximum absolute atomic E-state index is 11.5. The summed E-state index contributed by atoms with van der Waals surface area (Å²) in [7, 11) is 0.